The first-order valence-corrected chi connectivity index (χ1v) is 9.98. The Kier molecular flexibility index (Phi) is 4.13. The zero-order chi connectivity index (χ0) is 15.9. The van der Waals surface area contributed by atoms with Crippen molar-refractivity contribution >= 4 is 17.5 Å². The van der Waals surface area contributed by atoms with Gasteiger partial charge in [0.1, 0.15) is 5.78 Å². The largest absolute Gasteiger partial charge is 0.299 e. The number of hydrogen-bond donors (Lipinski definition) is 0. The summed E-state index contributed by atoms with van der Waals surface area (Å²) in [7, 11) is 0. The third-order valence-corrected chi connectivity index (χ3v) is 7.68. The molecule has 1 nitrogen and oxygen atoms in total. The van der Waals surface area contributed by atoms with Gasteiger partial charge >= 0.3 is 0 Å². The second-order valence-corrected chi connectivity index (χ2v) is 9.12. The van der Waals surface area contributed by atoms with Crippen molar-refractivity contribution in [3.63, 3.8) is 0 Å². The first kappa shape index (κ1) is 15.5. The fraction of sp³-hybridized carbons (Fsp3) is 0.571. The van der Waals surface area contributed by atoms with Gasteiger partial charge in [0.05, 0.1) is 0 Å². The highest BCUT2D eigenvalue weighted by Gasteiger charge is 2.52. The number of ketones is 1. The van der Waals surface area contributed by atoms with E-state index in [0.717, 1.165) is 18.8 Å². The van der Waals surface area contributed by atoms with Crippen LogP contribution in [0, 0.1) is 23.2 Å². The molecular weight excluding hydrogens is 300 g/mol. The number of Topliss-reactive ketones (excluding diaryl/α,β-unsaturated/α-hetero) is 1. The van der Waals surface area contributed by atoms with Crippen LogP contribution < -0.4 is 0 Å². The predicted molar refractivity (Wildman–Crippen MR) is 96.5 cm³/mol. The number of benzene rings is 1. The summed E-state index contributed by atoms with van der Waals surface area (Å²) in [6.45, 7) is 2.37. The molecule has 2 fully saturated rings. The number of hydrogen-bond acceptors (Lipinski definition) is 2. The lowest BCUT2D eigenvalue weighted by Crippen LogP contribution is -2.50. The minimum atomic E-state index is 0.119. The van der Waals surface area contributed by atoms with Gasteiger partial charge in [-0.05, 0) is 48.6 Å². The topological polar surface area (TPSA) is 17.1 Å². The lowest BCUT2D eigenvalue weighted by Gasteiger charge is -2.53. The van der Waals surface area contributed by atoms with Gasteiger partial charge in [-0.25, -0.2) is 0 Å². The van der Waals surface area contributed by atoms with Crippen LogP contribution in [0.1, 0.15) is 45.4 Å². The van der Waals surface area contributed by atoms with E-state index in [1.807, 2.05) is 11.8 Å². The molecule has 3 aliphatic carbocycles. The monoisotopic (exact) mass is 326 g/mol. The molecule has 0 aromatic heterocycles. The number of fused-ring (bicyclic) bond motifs is 3. The number of thioether (sulfide) groups is 1. The van der Waals surface area contributed by atoms with Crippen molar-refractivity contribution in [2.75, 3.05) is 0 Å². The fourth-order valence-electron chi connectivity index (χ4n) is 5.29. The van der Waals surface area contributed by atoms with E-state index >= 15 is 0 Å². The zero-order valence-corrected chi connectivity index (χ0v) is 14.7. The molecular formula is C21H26OS. The van der Waals surface area contributed by atoms with Gasteiger partial charge in [0.15, 0.2) is 0 Å². The predicted octanol–water partition coefficient (Wildman–Crippen LogP) is 5.51. The molecule has 0 N–H and O–H groups in total. The third kappa shape index (κ3) is 2.80. The molecule has 2 saturated carbocycles. The van der Waals surface area contributed by atoms with Crippen molar-refractivity contribution in [2.24, 2.45) is 23.2 Å². The van der Waals surface area contributed by atoms with Crippen LogP contribution >= 0.6 is 11.8 Å². The van der Waals surface area contributed by atoms with Crippen LogP contribution in [-0.4, -0.2) is 11.0 Å². The number of rotatable bonds is 2. The Morgan fingerprint density at radius 2 is 1.91 bits per heavy atom. The summed E-state index contributed by atoms with van der Waals surface area (Å²) in [5, 5.41) is 0.444. The molecule has 122 valence electrons. The molecule has 2 heteroatoms. The van der Waals surface area contributed by atoms with Crippen LogP contribution in [0.15, 0.2) is 47.4 Å². The molecule has 0 bridgehead atoms. The van der Waals surface area contributed by atoms with Gasteiger partial charge in [0.25, 0.3) is 0 Å². The maximum absolute atomic E-state index is 12.8. The second-order valence-electron chi connectivity index (χ2n) is 7.80. The Labute approximate surface area is 143 Å². The molecule has 1 aromatic rings. The molecule has 0 spiro atoms. The van der Waals surface area contributed by atoms with Crippen LogP contribution in [0.2, 0.25) is 0 Å². The van der Waals surface area contributed by atoms with Gasteiger partial charge in [0, 0.05) is 22.5 Å². The molecule has 0 amide bonds. The molecule has 0 unspecified atom stereocenters. The number of carbonyl (C=O) groups excluding carboxylic acids is 1. The van der Waals surface area contributed by atoms with Gasteiger partial charge in [-0.1, -0.05) is 50.1 Å². The quantitative estimate of drug-likeness (QED) is 0.667. The van der Waals surface area contributed by atoms with Crippen LogP contribution in [0.25, 0.3) is 0 Å². The molecule has 0 heterocycles. The van der Waals surface area contributed by atoms with E-state index in [2.05, 4.69) is 49.4 Å². The van der Waals surface area contributed by atoms with Crippen LogP contribution in [0.3, 0.4) is 0 Å². The van der Waals surface area contributed by atoms with Gasteiger partial charge in [-0.2, -0.15) is 0 Å². The normalized spacial score (nSPS) is 39.6. The van der Waals surface area contributed by atoms with E-state index in [-0.39, 0.29) is 11.3 Å². The summed E-state index contributed by atoms with van der Waals surface area (Å²) in [6.07, 6.45) is 12.0. The van der Waals surface area contributed by atoms with Gasteiger partial charge in [-0.15, -0.1) is 11.8 Å². The highest BCUT2D eigenvalue weighted by molar-refractivity contribution is 8.00. The molecule has 1 aromatic carbocycles. The first-order chi connectivity index (χ1) is 11.2. The van der Waals surface area contributed by atoms with Crippen molar-refractivity contribution in [3.8, 4) is 0 Å². The van der Waals surface area contributed by atoms with E-state index in [0.29, 0.717) is 17.0 Å². The lowest BCUT2D eigenvalue weighted by molar-refractivity contribution is -0.136. The minimum absolute atomic E-state index is 0.119. The van der Waals surface area contributed by atoms with Crippen molar-refractivity contribution in [1.29, 1.82) is 0 Å². The summed E-state index contributed by atoms with van der Waals surface area (Å²) in [6, 6.07) is 10.6. The molecule has 0 radical (unpaired) electrons. The van der Waals surface area contributed by atoms with E-state index in [1.54, 1.807) is 0 Å². The Balaban J connectivity index is 1.57. The average Bonchev–Trinajstić information content (AvgIpc) is 2.57. The highest BCUT2D eigenvalue weighted by atomic mass is 32.2. The van der Waals surface area contributed by atoms with Crippen molar-refractivity contribution in [1.82, 2.24) is 0 Å². The van der Waals surface area contributed by atoms with Gasteiger partial charge < -0.3 is 0 Å². The van der Waals surface area contributed by atoms with Crippen molar-refractivity contribution in [2.45, 2.75) is 55.6 Å². The zero-order valence-electron chi connectivity index (χ0n) is 13.9. The van der Waals surface area contributed by atoms with E-state index in [1.165, 1.54) is 30.6 Å². The summed E-state index contributed by atoms with van der Waals surface area (Å²) >= 11 is 1.91. The summed E-state index contributed by atoms with van der Waals surface area (Å²) in [5.74, 6) is 2.17. The molecule has 0 saturated heterocycles. The van der Waals surface area contributed by atoms with Crippen LogP contribution in [0.5, 0.6) is 0 Å². The lowest BCUT2D eigenvalue weighted by atomic mass is 9.51. The smallest absolute Gasteiger partial charge is 0.137 e. The Bertz CT molecular complexity index is 608. The molecule has 23 heavy (non-hydrogen) atoms. The minimum Gasteiger partial charge on any atom is -0.299 e. The Morgan fingerprint density at radius 1 is 1.13 bits per heavy atom. The maximum Gasteiger partial charge on any atom is 0.137 e. The van der Waals surface area contributed by atoms with Crippen LogP contribution in [-0.2, 0) is 4.79 Å². The summed E-state index contributed by atoms with van der Waals surface area (Å²) < 4.78 is 0. The Hall–Kier alpha value is -1.02. The third-order valence-electron chi connectivity index (χ3n) is 6.48. The van der Waals surface area contributed by atoms with Crippen molar-refractivity contribution in [3.05, 3.63) is 42.5 Å². The number of carbonyl (C=O) groups is 1. The Morgan fingerprint density at radius 3 is 2.74 bits per heavy atom. The molecule has 4 rings (SSSR count). The SMILES string of the molecule is C[C@]12C=C[C@H](Sc3ccccc3)C[C@H]1C(=O)C[C@H]1CCCC[C@@H]12. The maximum atomic E-state index is 12.8. The van der Waals surface area contributed by atoms with E-state index < -0.39 is 0 Å². The summed E-state index contributed by atoms with van der Waals surface area (Å²) in [4.78, 5) is 14.2. The standard InChI is InChI=1S/C21H26OS/c1-21-12-11-17(23-16-8-3-2-4-9-16)14-19(21)20(22)13-15-7-5-6-10-18(15)21/h2-4,8-9,11-12,15,17-19H,5-7,10,13-14H2,1H3/t15-,17+,18+,19+,21-/m1/s1. The van der Waals surface area contributed by atoms with Crippen molar-refractivity contribution < 1.29 is 4.79 Å². The van der Waals surface area contributed by atoms with Gasteiger partial charge in [-0.3, -0.25) is 4.79 Å². The van der Waals surface area contributed by atoms with E-state index in [4.69, 9.17) is 0 Å². The van der Waals surface area contributed by atoms with E-state index in [9.17, 15) is 4.79 Å². The first-order valence-electron chi connectivity index (χ1n) is 9.10. The molecule has 5 atom stereocenters. The highest BCUT2D eigenvalue weighted by Crippen LogP contribution is 2.56. The average molecular weight is 327 g/mol. The molecule has 0 aliphatic heterocycles. The molecule has 3 aliphatic rings. The van der Waals surface area contributed by atoms with Gasteiger partial charge in [0.2, 0.25) is 0 Å². The summed E-state index contributed by atoms with van der Waals surface area (Å²) in [5.41, 5.74) is 0.119. The second kappa shape index (κ2) is 6.12. The number of allylic oxidation sites excluding steroid dienone is 1. The van der Waals surface area contributed by atoms with Crippen LogP contribution in [0.4, 0.5) is 0 Å². The fourth-order valence-corrected chi connectivity index (χ4v) is 6.40.